The van der Waals surface area contributed by atoms with Crippen molar-refractivity contribution in [3.05, 3.63) is 29.6 Å². The van der Waals surface area contributed by atoms with Crippen LogP contribution in [-0.2, 0) is 4.74 Å². The maximum absolute atomic E-state index is 12.0. The molecule has 0 atom stereocenters. The smallest absolute Gasteiger partial charge is 0.410 e. The normalized spacial score (nSPS) is 17.4. The molecule has 1 aromatic heterocycles. The Morgan fingerprint density at radius 3 is 2.68 bits per heavy atom. The molecule has 1 amide bonds. The summed E-state index contributed by atoms with van der Waals surface area (Å²) in [5.41, 5.74) is 3.01. The zero-order chi connectivity index (χ0) is 19.7. The van der Waals surface area contributed by atoms with Crippen LogP contribution in [0.5, 0.6) is 0 Å². The van der Waals surface area contributed by atoms with Gasteiger partial charge in [-0.2, -0.15) is 4.98 Å². The maximum atomic E-state index is 12.0. The molecule has 1 saturated heterocycles. The van der Waals surface area contributed by atoms with E-state index >= 15 is 0 Å². The van der Waals surface area contributed by atoms with E-state index in [4.69, 9.17) is 14.7 Å². The molecule has 2 N–H and O–H groups in total. The van der Waals surface area contributed by atoms with Gasteiger partial charge in [0.25, 0.3) is 5.89 Å². The van der Waals surface area contributed by atoms with Crippen LogP contribution in [0.3, 0.4) is 0 Å². The van der Waals surface area contributed by atoms with Crippen molar-refractivity contribution in [2.75, 3.05) is 25.5 Å². The Balaban J connectivity index is 1.42. The number of nitrogens with zero attached hydrogens (tertiary/aromatic N) is 3. The number of aromatic nitrogens is 2. The van der Waals surface area contributed by atoms with Crippen LogP contribution in [0.1, 0.15) is 49.9 Å². The first-order valence-electron chi connectivity index (χ1n) is 9.72. The number of carbonyl (C=O) groups excluding carboxylic acids is 1. The first kappa shape index (κ1) is 18.5. The minimum Gasteiger partial charge on any atom is -0.446 e. The third kappa shape index (κ3) is 3.85. The Labute approximate surface area is 163 Å². The highest BCUT2D eigenvalue weighted by molar-refractivity contribution is 6.02. The quantitative estimate of drug-likeness (QED) is 0.764. The highest BCUT2D eigenvalue weighted by atomic mass is 16.6. The highest BCUT2D eigenvalue weighted by Crippen LogP contribution is 2.31. The van der Waals surface area contributed by atoms with Gasteiger partial charge in [-0.1, -0.05) is 11.2 Å². The van der Waals surface area contributed by atoms with Crippen LogP contribution in [-0.4, -0.2) is 53.1 Å². The molecule has 8 heteroatoms. The summed E-state index contributed by atoms with van der Waals surface area (Å²) < 4.78 is 10.9. The van der Waals surface area contributed by atoms with E-state index in [-0.39, 0.29) is 18.1 Å². The van der Waals surface area contributed by atoms with Gasteiger partial charge in [0.05, 0.1) is 0 Å². The summed E-state index contributed by atoms with van der Waals surface area (Å²) in [4.78, 5) is 18.4. The molecule has 2 aliphatic rings. The van der Waals surface area contributed by atoms with Gasteiger partial charge < -0.3 is 24.9 Å². The lowest BCUT2D eigenvalue weighted by molar-refractivity contribution is 0.0862. The zero-order valence-corrected chi connectivity index (χ0v) is 16.2. The standard InChI is InChI=1S/C20H25N5O3/c1-12(21)16-6-3-14(11-17(16)22-2)19-23-18(24-28-19)13-7-9-25(10-8-13)20(26)27-15-4-5-15/h3,6,11,13,15,21-22H,4-5,7-10H2,1-2H3. The molecule has 148 valence electrons. The van der Waals surface area contributed by atoms with Gasteiger partial charge in [-0.15, -0.1) is 0 Å². The minimum atomic E-state index is -0.198. The second-order valence-electron chi connectivity index (χ2n) is 7.44. The summed E-state index contributed by atoms with van der Waals surface area (Å²) in [6.45, 7) is 3.06. The SMILES string of the molecule is CNc1cc(-c2nc(C3CCN(C(=O)OC4CC4)CC3)no2)ccc1C(C)=N. The van der Waals surface area contributed by atoms with E-state index in [9.17, 15) is 4.79 Å². The van der Waals surface area contributed by atoms with E-state index in [1.165, 1.54) is 0 Å². The average molecular weight is 383 g/mol. The number of anilines is 1. The van der Waals surface area contributed by atoms with Crippen LogP contribution in [0.15, 0.2) is 22.7 Å². The second-order valence-corrected chi connectivity index (χ2v) is 7.44. The molecule has 1 saturated carbocycles. The topological polar surface area (TPSA) is 104 Å². The molecular weight excluding hydrogens is 358 g/mol. The van der Waals surface area contributed by atoms with Crippen molar-refractivity contribution < 1.29 is 14.1 Å². The molecule has 4 rings (SSSR count). The molecule has 1 aliphatic heterocycles. The first-order chi connectivity index (χ1) is 13.5. The van der Waals surface area contributed by atoms with E-state index in [0.29, 0.717) is 30.5 Å². The third-order valence-electron chi connectivity index (χ3n) is 5.29. The molecule has 28 heavy (non-hydrogen) atoms. The molecule has 8 nitrogen and oxygen atoms in total. The first-order valence-corrected chi connectivity index (χ1v) is 9.72. The summed E-state index contributed by atoms with van der Waals surface area (Å²) in [7, 11) is 1.83. The lowest BCUT2D eigenvalue weighted by atomic mass is 9.96. The van der Waals surface area contributed by atoms with Crippen LogP contribution in [0, 0.1) is 5.41 Å². The number of benzene rings is 1. The van der Waals surface area contributed by atoms with Crippen LogP contribution in [0.2, 0.25) is 0 Å². The van der Waals surface area contributed by atoms with Crippen LogP contribution < -0.4 is 5.32 Å². The molecule has 1 aromatic carbocycles. The van der Waals surface area contributed by atoms with Gasteiger partial charge in [0, 0.05) is 48.6 Å². The minimum absolute atomic E-state index is 0.135. The molecule has 0 bridgehead atoms. The number of piperidine rings is 1. The van der Waals surface area contributed by atoms with Gasteiger partial charge >= 0.3 is 6.09 Å². The predicted molar refractivity (Wildman–Crippen MR) is 105 cm³/mol. The van der Waals surface area contributed by atoms with Crippen LogP contribution in [0.25, 0.3) is 11.5 Å². The molecule has 0 unspecified atom stereocenters. The fourth-order valence-corrected chi connectivity index (χ4v) is 3.45. The van der Waals surface area contributed by atoms with Gasteiger partial charge in [-0.3, -0.25) is 0 Å². The fourth-order valence-electron chi connectivity index (χ4n) is 3.45. The van der Waals surface area contributed by atoms with E-state index in [1.807, 2.05) is 25.2 Å². The second kappa shape index (κ2) is 7.61. The van der Waals surface area contributed by atoms with Gasteiger partial charge in [0.2, 0.25) is 0 Å². The van der Waals surface area contributed by atoms with Crippen molar-refractivity contribution in [2.24, 2.45) is 0 Å². The summed E-state index contributed by atoms with van der Waals surface area (Å²) >= 11 is 0. The Hall–Kier alpha value is -2.90. The Bertz CT molecular complexity index is 882. The maximum Gasteiger partial charge on any atom is 0.410 e. The molecule has 2 aromatic rings. The number of rotatable bonds is 5. The van der Waals surface area contributed by atoms with E-state index in [2.05, 4.69) is 15.5 Å². The van der Waals surface area contributed by atoms with Crippen LogP contribution in [0.4, 0.5) is 10.5 Å². The zero-order valence-electron chi connectivity index (χ0n) is 16.2. The van der Waals surface area contributed by atoms with Crippen LogP contribution >= 0.6 is 0 Å². The summed E-state index contributed by atoms with van der Waals surface area (Å²) in [5.74, 6) is 1.33. The lowest BCUT2D eigenvalue weighted by Crippen LogP contribution is -2.38. The molecule has 2 heterocycles. The van der Waals surface area contributed by atoms with E-state index < -0.39 is 0 Å². The average Bonchev–Trinajstić information content (AvgIpc) is 3.39. The number of amides is 1. The van der Waals surface area contributed by atoms with Crippen molar-refractivity contribution in [1.29, 1.82) is 5.41 Å². The summed E-state index contributed by atoms with van der Waals surface area (Å²) in [6.07, 6.45) is 3.51. The Kier molecular flexibility index (Phi) is 5.02. The van der Waals surface area contributed by atoms with Crippen molar-refractivity contribution in [1.82, 2.24) is 15.0 Å². The number of likely N-dealkylation sites (tertiary alicyclic amines) is 1. The monoisotopic (exact) mass is 383 g/mol. The molecule has 2 fully saturated rings. The largest absolute Gasteiger partial charge is 0.446 e. The van der Waals surface area contributed by atoms with Crippen molar-refractivity contribution in [3.63, 3.8) is 0 Å². The predicted octanol–water partition coefficient (Wildman–Crippen LogP) is 3.64. The Morgan fingerprint density at radius 2 is 2.04 bits per heavy atom. The number of hydrogen-bond donors (Lipinski definition) is 2. The molecule has 0 spiro atoms. The number of ether oxygens (including phenoxy) is 1. The van der Waals surface area contributed by atoms with Crippen molar-refractivity contribution in [2.45, 2.75) is 44.6 Å². The molecule has 1 aliphatic carbocycles. The van der Waals surface area contributed by atoms with E-state index in [0.717, 1.165) is 42.5 Å². The summed E-state index contributed by atoms with van der Waals surface area (Å²) in [6, 6.07) is 5.69. The highest BCUT2D eigenvalue weighted by Gasteiger charge is 2.32. The van der Waals surface area contributed by atoms with Crippen molar-refractivity contribution in [3.8, 4) is 11.5 Å². The lowest BCUT2D eigenvalue weighted by Gasteiger charge is -2.29. The third-order valence-corrected chi connectivity index (χ3v) is 5.29. The number of nitrogens with one attached hydrogen (secondary N) is 2. The van der Waals surface area contributed by atoms with Gasteiger partial charge in [-0.05, 0) is 44.7 Å². The van der Waals surface area contributed by atoms with Gasteiger partial charge in [0.1, 0.15) is 6.10 Å². The fraction of sp³-hybridized carbons (Fsp3) is 0.500. The van der Waals surface area contributed by atoms with Gasteiger partial charge in [-0.25, -0.2) is 4.79 Å². The molecule has 0 radical (unpaired) electrons. The summed E-state index contributed by atoms with van der Waals surface area (Å²) in [5, 5.41) is 15.1. The van der Waals surface area contributed by atoms with E-state index in [1.54, 1.807) is 11.8 Å². The Morgan fingerprint density at radius 1 is 1.29 bits per heavy atom. The number of carbonyl (C=O) groups is 1. The number of hydrogen-bond acceptors (Lipinski definition) is 7. The van der Waals surface area contributed by atoms with Gasteiger partial charge in [0.15, 0.2) is 5.82 Å². The molecular formula is C20H25N5O3. The van der Waals surface area contributed by atoms with Crippen molar-refractivity contribution >= 4 is 17.5 Å².